The first kappa shape index (κ1) is 15.7. The Morgan fingerprint density at radius 1 is 0.864 bits per heavy atom. The van der Waals surface area contributed by atoms with Crippen LogP contribution in [0.4, 0.5) is 0 Å². The highest BCUT2D eigenvalue weighted by atomic mass is 16.3. The summed E-state index contributed by atoms with van der Waals surface area (Å²) in [7, 11) is 0. The fraction of sp³-hybridized carbons (Fsp3) is 0.235. The third-order valence-electron chi connectivity index (χ3n) is 3.38. The van der Waals surface area contributed by atoms with Crippen LogP contribution >= 0.6 is 0 Å². The van der Waals surface area contributed by atoms with Gasteiger partial charge in [0, 0.05) is 11.6 Å². The second-order valence-corrected chi connectivity index (χ2v) is 6.14. The lowest BCUT2D eigenvalue weighted by molar-refractivity contribution is 0.103. The van der Waals surface area contributed by atoms with Gasteiger partial charge in [-0.15, -0.1) is 0 Å². The molecule has 2 rings (SSSR count). The number of hydrogen-bond acceptors (Lipinski definition) is 5. The molecule has 0 saturated carbocycles. The average Bonchev–Trinajstić information content (AvgIpc) is 2.36. The number of phenols is 4. The quantitative estimate of drug-likeness (QED) is 0.639. The smallest absolute Gasteiger partial charge is 0.200 e. The first-order valence-electron chi connectivity index (χ1n) is 6.75. The van der Waals surface area contributed by atoms with Gasteiger partial charge in [0.05, 0.1) is 11.1 Å². The van der Waals surface area contributed by atoms with E-state index in [1.807, 2.05) is 0 Å². The molecule has 5 nitrogen and oxygen atoms in total. The second kappa shape index (κ2) is 5.26. The number of hydrogen-bond donors (Lipinski definition) is 4. The lowest BCUT2D eigenvalue weighted by atomic mass is 9.83. The fourth-order valence-electron chi connectivity index (χ4n) is 2.36. The highest BCUT2D eigenvalue weighted by Crippen LogP contribution is 2.41. The number of carbonyl (C=O) groups is 1. The summed E-state index contributed by atoms with van der Waals surface area (Å²) in [6.45, 7) is 5.40. The van der Waals surface area contributed by atoms with Gasteiger partial charge in [-0.25, -0.2) is 0 Å². The van der Waals surface area contributed by atoms with Crippen molar-refractivity contribution >= 4 is 5.78 Å². The van der Waals surface area contributed by atoms with E-state index in [4.69, 9.17) is 0 Å². The molecule has 0 bridgehead atoms. The summed E-state index contributed by atoms with van der Waals surface area (Å²) >= 11 is 0. The molecule has 0 amide bonds. The van der Waals surface area contributed by atoms with Gasteiger partial charge in [0.1, 0.15) is 23.0 Å². The van der Waals surface area contributed by atoms with Gasteiger partial charge in [-0.2, -0.15) is 0 Å². The molecule has 4 N–H and O–H groups in total. The molecule has 22 heavy (non-hydrogen) atoms. The predicted molar refractivity (Wildman–Crippen MR) is 81.7 cm³/mol. The van der Waals surface area contributed by atoms with Gasteiger partial charge in [-0.3, -0.25) is 4.79 Å². The Morgan fingerprint density at radius 3 is 2.00 bits per heavy atom. The summed E-state index contributed by atoms with van der Waals surface area (Å²) in [6, 6.07) is 6.24. The van der Waals surface area contributed by atoms with Crippen molar-refractivity contribution in [3.05, 3.63) is 47.0 Å². The number of carbonyl (C=O) groups excluding carboxylic acids is 1. The van der Waals surface area contributed by atoms with Crippen LogP contribution in [0.2, 0.25) is 0 Å². The molecule has 0 radical (unpaired) electrons. The van der Waals surface area contributed by atoms with Crippen molar-refractivity contribution in [2.75, 3.05) is 0 Å². The minimum atomic E-state index is -0.597. The molecule has 0 spiro atoms. The van der Waals surface area contributed by atoms with Crippen LogP contribution in [0, 0.1) is 0 Å². The summed E-state index contributed by atoms with van der Waals surface area (Å²) in [5, 5.41) is 39.4. The Morgan fingerprint density at radius 2 is 1.45 bits per heavy atom. The Labute approximate surface area is 128 Å². The third-order valence-corrected chi connectivity index (χ3v) is 3.38. The van der Waals surface area contributed by atoms with Crippen LogP contribution in [-0.2, 0) is 5.41 Å². The standard InChI is InChI=1S/C17H18O5/c1-17(2,3)14-12(19)7-6-11(16(14)22)15(21)10-5-4-9(18)8-13(10)20/h4-8,18-20,22H,1-3H3. The number of rotatable bonds is 2. The Hall–Kier alpha value is -2.69. The van der Waals surface area contributed by atoms with E-state index in [2.05, 4.69) is 0 Å². The molecule has 0 heterocycles. The molecule has 0 atom stereocenters. The zero-order valence-corrected chi connectivity index (χ0v) is 12.6. The van der Waals surface area contributed by atoms with E-state index in [1.54, 1.807) is 20.8 Å². The molecule has 2 aromatic carbocycles. The van der Waals surface area contributed by atoms with E-state index in [0.717, 1.165) is 6.07 Å². The van der Waals surface area contributed by atoms with Gasteiger partial charge >= 0.3 is 0 Å². The normalized spacial score (nSPS) is 11.4. The number of benzene rings is 2. The van der Waals surface area contributed by atoms with E-state index in [0.29, 0.717) is 0 Å². The van der Waals surface area contributed by atoms with Gasteiger partial charge < -0.3 is 20.4 Å². The van der Waals surface area contributed by atoms with Crippen molar-refractivity contribution in [2.24, 2.45) is 0 Å². The predicted octanol–water partition coefficient (Wildman–Crippen LogP) is 3.04. The fourth-order valence-corrected chi connectivity index (χ4v) is 2.36. The topological polar surface area (TPSA) is 98.0 Å². The number of ketones is 1. The largest absolute Gasteiger partial charge is 0.508 e. The van der Waals surface area contributed by atoms with Crippen LogP contribution in [0.1, 0.15) is 42.3 Å². The zero-order valence-electron chi connectivity index (χ0n) is 12.6. The maximum atomic E-state index is 12.5. The summed E-state index contributed by atoms with van der Waals surface area (Å²) in [5.41, 5.74) is -0.374. The van der Waals surface area contributed by atoms with E-state index in [-0.39, 0.29) is 39.7 Å². The van der Waals surface area contributed by atoms with E-state index in [1.165, 1.54) is 24.3 Å². The second-order valence-electron chi connectivity index (χ2n) is 6.14. The summed E-state index contributed by atoms with van der Waals surface area (Å²) in [6.07, 6.45) is 0. The molecule has 0 fully saturated rings. The molecule has 0 unspecified atom stereocenters. The lowest BCUT2D eigenvalue weighted by Crippen LogP contribution is -2.14. The molecule has 2 aromatic rings. The summed E-state index contributed by atoms with van der Waals surface area (Å²) in [4.78, 5) is 12.5. The molecule has 0 aliphatic rings. The highest BCUT2D eigenvalue weighted by molar-refractivity contribution is 6.12. The molecule has 0 aliphatic carbocycles. The van der Waals surface area contributed by atoms with E-state index in [9.17, 15) is 25.2 Å². The Bertz CT molecular complexity index is 741. The van der Waals surface area contributed by atoms with Crippen molar-refractivity contribution in [3.63, 3.8) is 0 Å². The molecule has 5 heteroatoms. The Balaban J connectivity index is 2.61. The van der Waals surface area contributed by atoms with Crippen LogP contribution < -0.4 is 0 Å². The first-order valence-corrected chi connectivity index (χ1v) is 6.75. The van der Waals surface area contributed by atoms with Crippen molar-refractivity contribution in [2.45, 2.75) is 26.2 Å². The van der Waals surface area contributed by atoms with Crippen molar-refractivity contribution < 1.29 is 25.2 Å². The van der Waals surface area contributed by atoms with Crippen molar-refractivity contribution in [3.8, 4) is 23.0 Å². The van der Waals surface area contributed by atoms with E-state index < -0.39 is 11.2 Å². The van der Waals surface area contributed by atoms with Gasteiger partial charge in [0.25, 0.3) is 0 Å². The lowest BCUT2D eigenvalue weighted by Gasteiger charge is -2.23. The maximum Gasteiger partial charge on any atom is 0.200 e. The minimum Gasteiger partial charge on any atom is -0.508 e. The average molecular weight is 302 g/mol. The zero-order chi connectivity index (χ0) is 16.7. The summed E-state index contributed by atoms with van der Waals surface area (Å²) in [5.74, 6) is -1.56. The SMILES string of the molecule is CC(C)(C)c1c(O)ccc(C(=O)c2ccc(O)cc2O)c1O. The Kier molecular flexibility index (Phi) is 3.75. The first-order chi connectivity index (χ1) is 10.1. The van der Waals surface area contributed by atoms with Crippen LogP contribution in [0.15, 0.2) is 30.3 Å². The number of phenolic OH excluding ortho intramolecular Hbond substituents is 4. The summed E-state index contributed by atoms with van der Waals surface area (Å²) < 4.78 is 0. The third kappa shape index (κ3) is 2.70. The van der Waals surface area contributed by atoms with Crippen LogP contribution in [0.25, 0.3) is 0 Å². The molecular weight excluding hydrogens is 284 g/mol. The van der Waals surface area contributed by atoms with E-state index >= 15 is 0 Å². The van der Waals surface area contributed by atoms with Gasteiger partial charge in [0.15, 0.2) is 5.78 Å². The maximum absolute atomic E-state index is 12.5. The minimum absolute atomic E-state index is 0.0243. The van der Waals surface area contributed by atoms with Crippen LogP contribution in [0.5, 0.6) is 23.0 Å². The highest BCUT2D eigenvalue weighted by Gasteiger charge is 2.27. The van der Waals surface area contributed by atoms with Crippen molar-refractivity contribution in [1.29, 1.82) is 0 Å². The molecular formula is C17H18O5. The van der Waals surface area contributed by atoms with Gasteiger partial charge in [-0.1, -0.05) is 20.8 Å². The molecule has 0 saturated heterocycles. The van der Waals surface area contributed by atoms with Gasteiger partial charge in [-0.05, 0) is 29.7 Å². The monoisotopic (exact) mass is 302 g/mol. The molecule has 0 aromatic heterocycles. The molecule has 116 valence electrons. The molecule has 0 aliphatic heterocycles. The van der Waals surface area contributed by atoms with Crippen LogP contribution in [0.3, 0.4) is 0 Å². The van der Waals surface area contributed by atoms with Crippen molar-refractivity contribution in [1.82, 2.24) is 0 Å². The van der Waals surface area contributed by atoms with Crippen LogP contribution in [-0.4, -0.2) is 26.2 Å². The number of aromatic hydroxyl groups is 4. The van der Waals surface area contributed by atoms with Gasteiger partial charge in [0.2, 0.25) is 0 Å².